The van der Waals surface area contributed by atoms with Crippen LogP contribution in [0.2, 0.25) is 0 Å². The number of carbonyl (C=O) groups excluding carboxylic acids is 1. The summed E-state index contributed by atoms with van der Waals surface area (Å²) >= 11 is 0. The summed E-state index contributed by atoms with van der Waals surface area (Å²) in [5.74, 6) is -2.56. The molecule has 0 saturated heterocycles. The number of carboxylic acid groups (broad SMARTS) is 1. The van der Waals surface area contributed by atoms with E-state index in [1.54, 1.807) is 30.3 Å². The summed E-state index contributed by atoms with van der Waals surface area (Å²) in [7, 11) is 0. The highest BCUT2D eigenvalue weighted by atomic mass is 16.4. The van der Waals surface area contributed by atoms with Gasteiger partial charge in [-0.2, -0.15) is 5.26 Å². The van der Waals surface area contributed by atoms with Crippen LogP contribution in [0.4, 0.5) is 5.69 Å². The number of rotatable bonds is 3. The van der Waals surface area contributed by atoms with Gasteiger partial charge in [0.15, 0.2) is 0 Å². The predicted molar refractivity (Wildman–Crippen MR) is 72.8 cm³/mol. The first kappa shape index (κ1) is 13.8. The van der Waals surface area contributed by atoms with Crippen LogP contribution in [0.25, 0.3) is 0 Å². The Bertz CT molecular complexity index is 601. The lowest BCUT2D eigenvalue weighted by molar-refractivity contribution is -0.146. The Hall–Kier alpha value is -2.61. The van der Waals surface area contributed by atoms with E-state index in [-0.39, 0.29) is 5.91 Å². The molecule has 2 rings (SSSR count). The van der Waals surface area contributed by atoms with Crippen molar-refractivity contribution in [1.29, 1.82) is 5.26 Å². The van der Waals surface area contributed by atoms with Crippen LogP contribution in [0.1, 0.15) is 18.4 Å². The van der Waals surface area contributed by atoms with E-state index in [0.29, 0.717) is 24.1 Å². The lowest BCUT2D eigenvalue weighted by atomic mass is 9.82. The third-order valence-electron chi connectivity index (χ3n) is 3.35. The minimum absolute atomic E-state index is 0.322. The van der Waals surface area contributed by atoms with Crippen molar-refractivity contribution in [3.05, 3.63) is 42.0 Å². The Morgan fingerprint density at radius 2 is 1.95 bits per heavy atom. The molecule has 0 heterocycles. The Labute approximate surface area is 116 Å². The topological polar surface area (TPSA) is 90.2 Å². The van der Waals surface area contributed by atoms with Crippen molar-refractivity contribution in [2.24, 2.45) is 11.8 Å². The molecule has 20 heavy (non-hydrogen) atoms. The number of nitrogens with zero attached hydrogens (tertiary/aromatic N) is 1. The number of nitrogens with one attached hydrogen (secondary N) is 1. The molecule has 0 unspecified atom stereocenters. The number of anilines is 1. The van der Waals surface area contributed by atoms with Gasteiger partial charge >= 0.3 is 5.97 Å². The van der Waals surface area contributed by atoms with E-state index in [0.717, 1.165) is 0 Å². The first-order valence-corrected chi connectivity index (χ1v) is 6.30. The third-order valence-corrected chi connectivity index (χ3v) is 3.35. The number of amides is 1. The van der Waals surface area contributed by atoms with E-state index in [9.17, 15) is 9.59 Å². The Morgan fingerprint density at radius 3 is 2.60 bits per heavy atom. The van der Waals surface area contributed by atoms with Crippen LogP contribution in [0.15, 0.2) is 36.4 Å². The van der Waals surface area contributed by atoms with Crippen LogP contribution >= 0.6 is 0 Å². The van der Waals surface area contributed by atoms with Crippen LogP contribution in [0.5, 0.6) is 0 Å². The highest BCUT2D eigenvalue weighted by Crippen LogP contribution is 2.27. The molecule has 0 aliphatic heterocycles. The van der Waals surface area contributed by atoms with Crippen molar-refractivity contribution in [2.75, 3.05) is 5.32 Å². The van der Waals surface area contributed by atoms with E-state index in [4.69, 9.17) is 10.4 Å². The number of nitriles is 1. The molecule has 102 valence electrons. The van der Waals surface area contributed by atoms with Gasteiger partial charge in [-0.25, -0.2) is 0 Å². The first-order valence-electron chi connectivity index (χ1n) is 6.30. The summed E-state index contributed by atoms with van der Waals surface area (Å²) in [5, 5.41) is 20.6. The minimum Gasteiger partial charge on any atom is -0.481 e. The number of hydrogen-bond donors (Lipinski definition) is 2. The second-order valence-corrected chi connectivity index (χ2v) is 4.68. The van der Waals surface area contributed by atoms with E-state index in [1.165, 1.54) is 0 Å². The fraction of sp³-hybridized carbons (Fsp3) is 0.267. The second kappa shape index (κ2) is 6.02. The molecule has 0 spiro atoms. The first-order chi connectivity index (χ1) is 9.61. The number of aliphatic carboxylic acids is 1. The highest BCUT2D eigenvalue weighted by molar-refractivity contribution is 5.95. The van der Waals surface area contributed by atoms with Crippen LogP contribution in [-0.4, -0.2) is 17.0 Å². The number of carboxylic acids is 1. The van der Waals surface area contributed by atoms with E-state index in [1.807, 2.05) is 12.1 Å². The molecule has 0 saturated carbocycles. The fourth-order valence-corrected chi connectivity index (χ4v) is 2.28. The zero-order valence-corrected chi connectivity index (χ0v) is 10.7. The van der Waals surface area contributed by atoms with Gasteiger partial charge in [0.1, 0.15) is 0 Å². The van der Waals surface area contributed by atoms with Crippen LogP contribution < -0.4 is 5.32 Å². The van der Waals surface area contributed by atoms with Crippen LogP contribution in [-0.2, 0) is 9.59 Å². The average molecular weight is 270 g/mol. The SMILES string of the molecule is N#Cc1cccc(NC(=O)[C@H]2CC=CC[C@@H]2C(=O)O)c1. The maximum Gasteiger partial charge on any atom is 0.307 e. The van der Waals surface area contributed by atoms with Gasteiger partial charge in [0.05, 0.1) is 23.5 Å². The van der Waals surface area contributed by atoms with E-state index in [2.05, 4.69) is 5.32 Å². The number of hydrogen-bond acceptors (Lipinski definition) is 3. The summed E-state index contributed by atoms with van der Waals surface area (Å²) in [6.07, 6.45) is 4.40. The molecular formula is C15H14N2O3. The Kier molecular flexibility index (Phi) is 4.16. The van der Waals surface area contributed by atoms with Gasteiger partial charge in [-0.15, -0.1) is 0 Å². The normalized spacial score (nSPS) is 20.9. The fourth-order valence-electron chi connectivity index (χ4n) is 2.28. The minimum atomic E-state index is -0.958. The van der Waals surface area contributed by atoms with Crippen molar-refractivity contribution in [3.8, 4) is 6.07 Å². The second-order valence-electron chi connectivity index (χ2n) is 4.68. The van der Waals surface area contributed by atoms with Gasteiger partial charge in [-0.1, -0.05) is 18.2 Å². The molecule has 5 nitrogen and oxygen atoms in total. The summed E-state index contributed by atoms with van der Waals surface area (Å²) in [4.78, 5) is 23.4. The molecule has 1 aromatic rings. The number of allylic oxidation sites excluding steroid dienone is 2. The summed E-state index contributed by atoms with van der Waals surface area (Å²) in [6.45, 7) is 0. The Morgan fingerprint density at radius 1 is 1.25 bits per heavy atom. The maximum absolute atomic E-state index is 12.2. The standard InChI is InChI=1S/C15H14N2O3/c16-9-10-4-3-5-11(8-10)17-14(18)12-6-1-2-7-13(12)15(19)20/h1-5,8,12-13H,6-7H2,(H,17,18)(H,19,20)/t12-,13-/m0/s1. The molecule has 0 bridgehead atoms. The molecule has 1 amide bonds. The molecule has 2 N–H and O–H groups in total. The van der Waals surface area contributed by atoms with Gasteiger partial charge in [-0.05, 0) is 31.0 Å². The lowest BCUT2D eigenvalue weighted by Gasteiger charge is -2.24. The zero-order chi connectivity index (χ0) is 14.5. The predicted octanol–water partition coefficient (Wildman–Crippen LogP) is 2.16. The van der Waals surface area contributed by atoms with Gasteiger partial charge in [0, 0.05) is 5.69 Å². The highest BCUT2D eigenvalue weighted by Gasteiger charge is 2.33. The number of carbonyl (C=O) groups is 2. The van der Waals surface area contributed by atoms with E-state index < -0.39 is 17.8 Å². The van der Waals surface area contributed by atoms with Crippen molar-refractivity contribution in [1.82, 2.24) is 0 Å². The molecule has 1 aliphatic rings. The van der Waals surface area contributed by atoms with Crippen molar-refractivity contribution in [3.63, 3.8) is 0 Å². The van der Waals surface area contributed by atoms with Crippen molar-refractivity contribution >= 4 is 17.6 Å². The van der Waals surface area contributed by atoms with E-state index >= 15 is 0 Å². The summed E-state index contributed by atoms with van der Waals surface area (Å²) in [5.41, 5.74) is 0.953. The summed E-state index contributed by atoms with van der Waals surface area (Å²) < 4.78 is 0. The smallest absolute Gasteiger partial charge is 0.307 e. The van der Waals surface area contributed by atoms with Gasteiger partial charge < -0.3 is 10.4 Å². The quantitative estimate of drug-likeness (QED) is 0.823. The van der Waals surface area contributed by atoms with Crippen molar-refractivity contribution < 1.29 is 14.7 Å². The lowest BCUT2D eigenvalue weighted by Crippen LogP contribution is -2.34. The molecule has 0 aromatic heterocycles. The van der Waals surface area contributed by atoms with Gasteiger partial charge in [0.2, 0.25) is 5.91 Å². The monoisotopic (exact) mass is 270 g/mol. The largest absolute Gasteiger partial charge is 0.481 e. The van der Waals surface area contributed by atoms with Crippen LogP contribution in [0, 0.1) is 23.2 Å². The maximum atomic E-state index is 12.2. The van der Waals surface area contributed by atoms with Crippen LogP contribution in [0.3, 0.4) is 0 Å². The molecule has 0 radical (unpaired) electrons. The molecule has 5 heteroatoms. The molecule has 1 aromatic carbocycles. The van der Waals surface area contributed by atoms with Crippen molar-refractivity contribution in [2.45, 2.75) is 12.8 Å². The summed E-state index contributed by atoms with van der Waals surface area (Å²) in [6, 6.07) is 8.53. The molecule has 1 aliphatic carbocycles. The molecule has 2 atom stereocenters. The molecular weight excluding hydrogens is 256 g/mol. The number of benzene rings is 1. The van der Waals surface area contributed by atoms with Gasteiger partial charge in [0.25, 0.3) is 0 Å². The molecule has 0 fully saturated rings. The average Bonchev–Trinajstić information content (AvgIpc) is 2.47. The third kappa shape index (κ3) is 3.04. The zero-order valence-electron chi connectivity index (χ0n) is 10.7. The Balaban J connectivity index is 2.12. The van der Waals surface area contributed by atoms with Gasteiger partial charge in [-0.3, -0.25) is 9.59 Å².